The fourth-order valence-corrected chi connectivity index (χ4v) is 3.07. The van der Waals surface area contributed by atoms with Crippen molar-refractivity contribution in [1.82, 2.24) is 14.9 Å². The standard InChI is InChI=1S/C19H22F3N5O2/c1-3-23-18-24-13(2)12-16(25-18)26-8-10-27(11-9-26)17(28)14-4-6-15(7-5-14)29-19(20,21)22/h4-7,12H,3,8-11H2,1-2H3,(H,23,24,25). The average molecular weight is 409 g/mol. The maximum absolute atomic E-state index is 12.6. The predicted octanol–water partition coefficient (Wildman–Crippen LogP) is 3.08. The van der Waals surface area contributed by atoms with E-state index in [1.165, 1.54) is 12.1 Å². The van der Waals surface area contributed by atoms with Crippen LogP contribution in [0.4, 0.5) is 24.9 Å². The second-order valence-corrected chi connectivity index (χ2v) is 6.57. The van der Waals surface area contributed by atoms with Crippen molar-refractivity contribution in [1.29, 1.82) is 0 Å². The average Bonchev–Trinajstić information content (AvgIpc) is 2.67. The molecule has 10 heteroatoms. The first-order valence-corrected chi connectivity index (χ1v) is 9.25. The van der Waals surface area contributed by atoms with Gasteiger partial charge in [-0.3, -0.25) is 4.79 Å². The molecule has 2 heterocycles. The molecule has 0 unspecified atom stereocenters. The van der Waals surface area contributed by atoms with E-state index in [0.717, 1.165) is 30.2 Å². The zero-order valence-electron chi connectivity index (χ0n) is 16.2. The number of carbonyl (C=O) groups excluding carboxylic acids is 1. The van der Waals surface area contributed by atoms with Gasteiger partial charge in [-0.25, -0.2) is 4.98 Å². The second kappa shape index (κ2) is 8.54. The van der Waals surface area contributed by atoms with Crippen molar-refractivity contribution < 1.29 is 22.7 Å². The number of piperazine rings is 1. The molecule has 0 spiro atoms. The summed E-state index contributed by atoms with van der Waals surface area (Å²) in [4.78, 5) is 25.2. The topological polar surface area (TPSA) is 70.6 Å². The summed E-state index contributed by atoms with van der Waals surface area (Å²) in [6.45, 7) is 6.76. The fourth-order valence-electron chi connectivity index (χ4n) is 3.07. The lowest BCUT2D eigenvalue weighted by Crippen LogP contribution is -2.49. The number of aryl methyl sites for hydroxylation is 1. The lowest BCUT2D eigenvalue weighted by atomic mass is 10.1. The van der Waals surface area contributed by atoms with Crippen molar-refractivity contribution in [2.75, 3.05) is 42.9 Å². The highest BCUT2D eigenvalue weighted by Crippen LogP contribution is 2.23. The van der Waals surface area contributed by atoms with Gasteiger partial charge < -0.3 is 19.9 Å². The summed E-state index contributed by atoms with van der Waals surface area (Å²) in [6, 6.07) is 6.86. The third-order valence-electron chi connectivity index (χ3n) is 4.40. The molecule has 0 atom stereocenters. The minimum Gasteiger partial charge on any atom is -0.406 e. The molecule has 0 saturated carbocycles. The summed E-state index contributed by atoms with van der Waals surface area (Å²) in [5.41, 5.74) is 1.17. The van der Waals surface area contributed by atoms with E-state index in [0.29, 0.717) is 37.7 Å². The highest BCUT2D eigenvalue weighted by atomic mass is 19.4. The van der Waals surface area contributed by atoms with E-state index < -0.39 is 6.36 Å². The number of aromatic nitrogens is 2. The molecule has 29 heavy (non-hydrogen) atoms. The van der Waals surface area contributed by atoms with Crippen LogP contribution in [0.25, 0.3) is 0 Å². The molecule has 1 aromatic heterocycles. The molecule has 1 aliphatic rings. The SMILES string of the molecule is CCNc1nc(C)cc(N2CCN(C(=O)c3ccc(OC(F)(F)F)cc3)CC2)n1. The Bertz CT molecular complexity index is 850. The summed E-state index contributed by atoms with van der Waals surface area (Å²) < 4.78 is 40.6. The third kappa shape index (κ3) is 5.49. The second-order valence-electron chi connectivity index (χ2n) is 6.57. The van der Waals surface area contributed by atoms with E-state index in [1.54, 1.807) is 4.90 Å². The molecule has 2 aromatic rings. The normalized spacial score (nSPS) is 14.7. The Morgan fingerprint density at radius 3 is 2.38 bits per heavy atom. The first-order valence-electron chi connectivity index (χ1n) is 9.25. The number of nitrogens with zero attached hydrogens (tertiary/aromatic N) is 4. The molecule has 0 radical (unpaired) electrons. The van der Waals surface area contributed by atoms with Crippen LogP contribution in [0, 0.1) is 6.92 Å². The Kier molecular flexibility index (Phi) is 6.09. The molecule has 0 aliphatic carbocycles. The van der Waals surface area contributed by atoms with E-state index in [2.05, 4.69) is 24.9 Å². The predicted molar refractivity (Wildman–Crippen MR) is 102 cm³/mol. The zero-order chi connectivity index (χ0) is 21.0. The van der Waals surface area contributed by atoms with Crippen molar-refractivity contribution in [2.45, 2.75) is 20.2 Å². The van der Waals surface area contributed by atoms with E-state index >= 15 is 0 Å². The number of halogens is 3. The Labute approximate surface area is 166 Å². The summed E-state index contributed by atoms with van der Waals surface area (Å²) >= 11 is 0. The number of carbonyl (C=O) groups is 1. The summed E-state index contributed by atoms with van der Waals surface area (Å²) in [5, 5.41) is 3.10. The highest BCUT2D eigenvalue weighted by Gasteiger charge is 2.31. The van der Waals surface area contributed by atoms with Crippen LogP contribution in [0.2, 0.25) is 0 Å². The number of amides is 1. The molecular formula is C19H22F3N5O2. The quantitative estimate of drug-likeness (QED) is 0.819. The molecule has 1 aliphatic heterocycles. The molecule has 3 rings (SSSR count). The maximum Gasteiger partial charge on any atom is 0.573 e. The third-order valence-corrected chi connectivity index (χ3v) is 4.40. The van der Waals surface area contributed by atoms with Gasteiger partial charge in [-0.05, 0) is 38.1 Å². The van der Waals surface area contributed by atoms with Crippen LogP contribution in [0.15, 0.2) is 30.3 Å². The van der Waals surface area contributed by atoms with Gasteiger partial charge in [-0.15, -0.1) is 13.2 Å². The smallest absolute Gasteiger partial charge is 0.406 e. The van der Waals surface area contributed by atoms with Crippen molar-refractivity contribution in [3.63, 3.8) is 0 Å². The number of benzene rings is 1. The minimum atomic E-state index is -4.76. The van der Waals surface area contributed by atoms with E-state index in [-0.39, 0.29) is 11.7 Å². The molecule has 1 N–H and O–H groups in total. The van der Waals surface area contributed by atoms with Crippen LogP contribution in [0.3, 0.4) is 0 Å². The number of alkyl halides is 3. The Balaban J connectivity index is 1.61. The van der Waals surface area contributed by atoms with Gasteiger partial charge in [0.15, 0.2) is 0 Å². The Hall–Kier alpha value is -3.04. The molecule has 0 bridgehead atoms. The van der Waals surface area contributed by atoms with Gasteiger partial charge in [-0.1, -0.05) is 0 Å². The van der Waals surface area contributed by atoms with Gasteiger partial charge in [0.1, 0.15) is 11.6 Å². The molecular weight excluding hydrogens is 387 g/mol. The van der Waals surface area contributed by atoms with E-state index in [9.17, 15) is 18.0 Å². The number of nitrogens with one attached hydrogen (secondary N) is 1. The lowest BCUT2D eigenvalue weighted by molar-refractivity contribution is -0.274. The van der Waals surface area contributed by atoms with Crippen molar-refractivity contribution >= 4 is 17.7 Å². The van der Waals surface area contributed by atoms with Gasteiger partial charge >= 0.3 is 6.36 Å². The number of anilines is 2. The summed E-state index contributed by atoms with van der Waals surface area (Å²) in [7, 11) is 0. The molecule has 1 amide bonds. The van der Waals surface area contributed by atoms with Crippen LogP contribution < -0.4 is 15.0 Å². The first kappa shape index (κ1) is 20.7. The van der Waals surface area contributed by atoms with Crippen LogP contribution in [0.5, 0.6) is 5.75 Å². The maximum atomic E-state index is 12.6. The Morgan fingerprint density at radius 1 is 1.14 bits per heavy atom. The number of ether oxygens (including phenoxy) is 1. The monoisotopic (exact) mass is 409 g/mol. The van der Waals surface area contributed by atoms with Gasteiger partial charge in [-0.2, -0.15) is 4.98 Å². The van der Waals surface area contributed by atoms with Gasteiger partial charge in [0, 0.05) is 50.0 Å². The number of rotatable bonds is 5. The molecule has 1 fully saturated rings. The van der Waals surface area contributed by atoms with Crippen LogP contribution >= 0.6 is 0 Å². The van der Waals surface area contributed by atoms with Crippen molar-refractivity contribution in [2.24, 2.45) is 0 Å². The van der Waals surface area contributed by atoms with Crippen molar-refractivity contribution in [3.8, 4) is 5.75 Å². The number of hydrogen-bond donors (Lipinski definition) is 1. The highest BCUT2D eigenvalue weighted by molar-refractivity contribution is 5.94. The van der Waals surface area contributed by atoms with Crippen LogP contribution in [-0.4, -0.2) is 59.9 Å². The van der Waals surface area contributed by atoms with Crippen LogP contribution in [0.1, 0.15) is 23.0 Å². The van der Waals surface area contributed by atoms with Gasteiger partial charge in [0.25, 0.3) is 5.91 Å². The van der Waals surface area contributed by atoms with Crippen LogP contribution in [-0.2, 0) is 0 Å². The lowest BCUT2D eigenvalue weighted by Gasteiger charge is -2.35. The fraction of sp³-hybridized carbons (Fsp3) is 0.421. The molecule has 1 saturated heterocycles. The zero-order valence-corrected chi connectivity index (χ0v) is 16.2. The number of hydrogen-bond acceptors (Lipinski definition) is 6. The van der Waals surface area contributed by atoms with Gasteiger partial charge in [0.2, 0.25) is 5.95 Å². The van der Waals surface area contributed by atoms with Gasteiger partial charge in [0.05, 0.1) is 0 Å². The first-order chi connectivity index (χ1) is 13.7. The molecule has 1 aromatic carbocycles. The minimum absolute atomic E-state index is 0.226. The van der Waals surface area contributed by atoms with Crippen molar-refractivity contribution in [3.05, 3.63) is 41.6 Å². The Morgan fingerprint density at radius 2 is 1.79 bits per heavy atom. The van der Waals surface area contributed by atoms with E-state index in [4.69, 9.17) is 0 Å². The van der Waals surface area contributed by atoms with E-state index in [1.807, 2.05) is 19.9 Å². The molecule has 156 valence electrons. The summed E-state index contributed by atoms with van der Waals surface area (Å²) in [6.07, 6.45) is -4.76. The molecule has 7 nitrogen and oxygen atoms in total. The largest absolute Gasteiger partial charge is 0.573 e. The summed E-state index contributed by atoms with van der Waals surface area (Å²) in [5.74, 6) is 0.793.